The predicted molar refractivity (Wildman–Crippen MR) is 117 cm³/mol. The number of nitrogens with zero attached hydrogens (tertiary/aromatic N) is 1. The number of amides is 1. The van der Waals surface area contributed by atoms with Gasteiger partial charge >= 0.3 is 0 Å². The topological polar surface area (TPSA) is 55.7 Å². The highest BCUT2D eigenvalue weighted by atomic mass is 32.1. The quantitative estimate of drug-likeness (QED) is 0.630. The van der Waals surface area contributed by atoms with Crippen molar-refractivity contribution in [3.8, 4) is 5.75 Å². The maximum Gasteiger partial charge on any atom is 0.275 e. The van der Waals surface area contributed by atoms with Crippen molar-refractivity contribution in [2.75, 3.05) is 26.7 Å². The van der Waals surface area contributed by atoms with Crippen molar-refractivity contribution >= 4 is 27.5 Å². The lowest BCUT2D eigenvalue weighted by molar-refractivity contribution is -0.929. The molecule has 6 heteroatoms. The van der Waals surface area contributed by atoms with Crippen LogP contribution in [0.2, 0.25) is 0 Å². The third kappa shape index (κ3) is 4.77. The smallest absolute Gasteiger partial charge is 0.275 e. The Bertz CT molecular complexity index is 938. The van der Waals surface area contributed by atoms with Crippen LogP contribution in [0.4, 0.5) is 0 Å². The first-order chi connectivity index (χ1) is 14.2. The summed E-state index contributed by atoms with van der Waals surface area (Å²) in [6.45, 7) is 2.16. The standard InChI is InChI=1S/C23H27N3O2S/c1-28-20-11-4-2-8-17(20)13-14-24-22(27)16-26-15-7-6-10-19(26)23-25-18-9-3-5-12-21(18)29-23/h2-5,8-9,11-12,19H,6-7,10,13-16H2,1H3,(H,24,27)/p+1/t19-/m1/s1. The van der Waals surface area contributed by atoms with Gasteiger partial charge in [-0.25, -0.2) is 4.98 Å². The van der Waals surface area contributed by atoms with Gasteiger partial charge in [0.1, 0.15) is 11.8 Å². The largest absolute Gasteiger partial charge is 0.496 e. The molecule has 1 aliphatic heterocycles. The van der Waals surface area contributed by atoms with E-state index in [2.05, 4.69) is 23.5 Å². The van der Waals surface area contributed by atoms with Crippen molar-refractivity contribution in [3.05, 3.63) is 59.1 Å². The van der Waals surface area contributed by atoms with Gasteiger partial charge in [0.2, 0.25) is 0 Å². The van der Waals surface area contributed by atoms with Crippen molar-refractivity contribution in [1.29, 1.82) is 0 Å². The van der Waals surface area contributed by atoms with Crippen molar-refractivity contribution in [2.45, 2.75) is 31.7 Å². The van der Waals surface area contributed by atoms with Gasteiger partial charge in [0.25, 0.3) is 5.91 Å². The summed E-state index contributed by atoms with van der Waals surface area (Å²) in [7, 11) is 1.68. The Morgan fingerprint density at radius 3 is 2.90 bits per heavy atom. The second kappa shape index (κ2) is 9.37. The Kier molecular flexibility index (Phi) is 6.42. The molecule has 0 saturated carbocycles. The van der Waals surface area contributed by atoms with Gasteiger partial charge < -0.3 is 15.0 Å². The summed E-state index contributed by atoms with van der Waals surface area (Å²) in [6, 6.07) is 16.6. The van der Waals surface area contributed by atoms with E-state index in [1.807, 2.05) is 30.3 Å². The third-order valence-electron chi connectivity index (χ3n) is 5.64. The number of piperidine rings is 1. The summed E-state index contributed by atoms with van der Waals surface area (Å²) in [6.07, 6.45) is 4.25. The van der Waals surface area contributed by atoms with Crippen molar-refractivity contribution in [2.24, 2.45) is 0 Å². The van der Waals surface area contributed by atoms with Crippen LogP contribution >= 0.6 is 11.3 Å². The molecule has 152 valence electrons. The lowest BCUT2D eigenvalue weighted by Gasteiger charge is -2.30. The number of fused-ring (bicyclic) bond motifs is 1. The third-order valence-corrected chi connectivity index (χ3v) is 6.79. The SMILES string of the molecule is COc1ccccc1CCNC(=O)C[NH+]1CCCC[C@@H]1c1nc2ccccc2s1. The molecule has 4 rings (SSSR count). The average Bonchev–Trinajstić information content (AvgIpc) is 3.18. The molecule has 0 aliphatic carbocycles. The van der Waals surface area contributed by atoms with Crippen LogP contribution in [0.1, 0.15) is 35.9 Å². The number of benzene rings is 2. The molecule has 0 radical (unpaired) electrons. The van der Waals surface area contributed by atoms with E-state index in [1.165, 1.54) is 27.4 Å². The number of methoxy groups -OCH3 is 1. The van der Waals surface area contributed by atoms with E-state index in [9.17, 15) is 4.79 Å². The molecule has 2 aromatic carbocycles. The average molecular weight is 411 g/mol. The molecule has 1 unspecified atom stereocenters. The molecule has 1 aromatic heterocycles. The van der Waals surface area contributed by atoms with Crippen LogP contribution < -0.4 is 15.0 Å². The Morgan fingerprint density at radius 2 is 2.03 bits per heavy atom. The van der Waals surface area contributed by atoms with Gasteiger partial charge in [0.15, 0.2) is 11.6 Å². The number of thiazole rings is 1. The van der Waals surface area contributed by atoms with E-state index in [-0.39, 0.29) is 5.91 Å². The number of para-hydroxylation sites is 2. The van der Waals surface area contributed by atoms with E-state index in [4.69, 9.17) is 9.72 Å². The van der Waals surface area contributed by atoms with E-state index in [0.717, 1.165) is 36.2 Å². The summed E-state index contributed by atoms with van der Waals surface area (Å²) in [5, 5.41) is 4.27. The molecule has 29 heavy (non-hydrogen) atoms. The highest BCUT2D eigenvalue weighted by Gasteiger charge is 2.31. The van der Waals surface area contributed by atoms with Crippen LogP contribution in [0, 0.1) is 0 Å². The lowest BCUT2D eigenvalue weighted by Crippen LogP contribution is -3.14. The molecule has 2 heterocycles. The minimum atomic E-state index is 0.114. The number of hydrogen-bond donors (Lipinski definition) is 2. The maximum absolute atomic E-state index is 12.6. The van der Waals surface area contributed by atoms with E-state index in [1.54, 1.807) is 18.4 Å². The molecule has 1 aliphatic rings. The van der Waals surface area contributed by atoms with Gasteiger partial charge in [-0.1, -0.05) is 30.3 Å². The van der Waals surface area contributed by atoms with Gasteiger partial charge in [-0.15, -0.1) is 11.3 Å². The number of hydrogen-bond acceptors (Lipinski definition) is 4. The zero-order valence-electron chi connectivity index (χ0n) is 16.8. The minimum Gasteiger partial charge on any atom is -0.496 e. The summed E-state index contributed by atoms with van der Waals surface area (Å²) in [4.78, 5) is 18.8. The first-order valence-electron chi connectivity index (χ1n) is 10.3. The Hall–Kier alpha value is -2.44. The molecule has 0 bridgehead atoms. The van der Waals surface area contributed by atoms with Crippen molar-refractivity contribution in [1.82, 2.24) is 10.3 Å². The Labute approximate surface area is 175 Å². The number of rotatable bonds is 7. The summed E-state index contributed by atoms with van der Waals surface area (Å²) in [5.74, 6) is 0.988. The molecular weight excluding hydrogens is 382 g/mol. The molecule has 2 atom stereocenters. The summed E-state index contributed by atoms with van der Waals surface area (Å²) >= 11 is 1.78. The second-order valence-corrected chi connectivity index (χ2v) is 8.63. The molecule has 3 aromatic rings. The second-order valence-electron chi connectivity index (χ2n) is 7.57. The molecule has 0 spiro atoms. The molecule has 1 amide bonds. The van der Waals surface area contributed by atoms with Gasteiger partial charge in [-0.05, 0) is 43.0 Å². The number of carbonyl (C=O) groups is 1. The van der Waals surface area contributed by atoms with E-state index >= 15 is 0 Å². The van der Waals surface area contributed by atoms with Crippen LogP contribution in [0.3, 0.4) is 0 Å². The van der Waals surface area contributed by atoms with Crippen LogP contribution in [-0.4, -0.2) is 37.6 Å². The fourth-order valence-electron chi connectivity index (χ4n) is 4.14. The fraction of sp³-hybridized carbons (Fsp3) is 0.391. The lowest BCUT2D eigenvalue weighted by atomic mass is 10.0. The Balaban J connectivity index is 1.35. The summed E-state index contributed by atoms with van der Waals surface area (Å²) in [5.41, 5.74) is 2.19. The van der Waals surface area contributed by atoms with E-state index in [0.29, 0.717) is 19.1 Å². The normalized spacial score (nSPS) is 19.2. The number of nitrogens with one attached hydrogen (secondary N) is 2. The minimum absolute atomic E-state index is 0.114. The number of aromatic nitrogens is 1. The first-order valence-corrected chi connectivity index (χ1v) is 11.1. The number of ether oxygens (including phenoxy) is 1. The highest BCUT2D eigenvalue weighted by Crippen LogP contribution is 2.28. The molecular formula is C23H28N3O2S+. The van der Waals surface area contributed by atoms with Crippen LogP contribution in [0.15, 0.2) is 48.5 Å². The monoisotopic (exact) mass is 410 g/mol. The molecule has 1 fully saturated rings. The summed E-state index contributed by atoms with van der Waals surface area (Å²) < 4.78 is 6.62. The van der Waals surface area contributed by atoms with Gasteiger partial charge in [0.05, 0.1) is 23.9 Å². The molecule has 2 N–H and O–H groups in total. The van der Waals surface area contributed by atoms with Crippen LogP contribution in [0.5, 0.6) is 5.75 Å². The Morgan fingerprint density at radius 1 is 1.21 bits per heavy atom. The maximum atomic E-state index is 12.6. The zero-order chi connectivity index (χ0) is 20.1. The van der Waals surface area contributed by atoms with Crippen LogP contribution in [-0.2, 0) is 11.2 Å². The van der Waals surface area contributed by atoms with Crippen LogP contribution in [0.25, 0.3) is 10.2 Å². The molecule has 1 saturated heterocycles. The fourth-order valence-corrected chi connectivity index (χ4v) is 5.30. The van der Waals surface area contributed by atoms with Crippen molar-refractivity contribution in [3.63, 3.8) is 0 Å². The zero-order valence-corrected chi connectivity index (χ0v) is 17.6. The first kappa shape index (κ1) is 19.9. The predicted octanol–water partition coefficient (Wildman–Crippen LogP) is 2.77. The highest BCUT2D eigenvalue weighted by molar-refractivity contribution is 7.18. The van der Waals surface area contributed by atoms with E-state index < -0.39 is 0 Å². The van der Waals surface area contributed by atoms with Gasteiger partial charge in [-0.2, -0.15) is 0 Å². The van der Waals surface area contributed by atoms with Gasteiger partial charge in [-0.3, -0.25) is 4.79 Å². The number of quaternary nitrogens is 1. The van der Waals surface area contributed by atoms with Gasteiger partial charge in [0, 0.05) is 13.0 Å². The van der Waals surface area contributed by atoms with Crippen molar-refractivity contribution < 1.29 is 14.4 Å². The number of likely N-dealkylation sites (tertiary alicyclic amines) is 1. The number of carbonyl (C=O) groups excluding carboxylic acids is 1. The molecule has 5 nitrogen and oxygen atoms in total.